The van der Waals surface area contributed by atoms with Crippen LogP contribution >= 0.6 is 0 Å². The van der Waals surface area contributed by atoms with Gasteiger partial charge in [0.1, 0.15) is 6.23 Å². The molecule has 0 radical (unpaired) electrons. The van der Waals surface area contributed by atoms with Gasteiger partial charge in [-0.05, 0) is 19.3 Å². The average Bonchev–Trinajstić information content (AvgIpc) is 2.04. The van der Waals surface area contributed by atoms with Gasteiger partial charge in [-0.15, -0.1) is 0 Å². The molecule has 2 nitrogen and oxygen atoms in total. The normalized spacial score (nSPS) is 35.2. The van der Waals surface area contributed by atoms with Crippen LogP contribution in [0.1, 0.15) is 38.5 Å². The second kappa shape index (κ2) is 3.11. The van der Waals surface area contributed by atoms with Crippen molar-refractivity contribution < 1.29 is 5.11 Å². The molecule has 2 aliphatic rings. The Morgan fingerprint density at radius 1 is 1.00 bits per heavy atom. The molecule has 0 bridgehead atoms. The minimum absolute atomic E-state index is 0.0990. The summed E-state index contributed by atoms with van der Waals surface area (Å²) in [7, 11) is 0. The highest BCUT2D eigenvalue weighted by Crippen LogP contribution is 2.28. The lowest BCUT2D eigenvalue weighted by molar-refractivity contribution is -0.106. The minimum Gasteiger partial charge on any atom is -0.378 e. The summed E-state index contributed by atoms with van der Waals surface area (Å²) in [6, 6.07) is 0.715. The van der Waals surface area contributed by atoms with E-state index in [9.17, 15) is 5.11 Å². The Labute approximate surface area is 68.2 Å². The first-order valence-electron chi connectivity index (χ1n) is 4.82. The summed E-state index contributed by atoms with van der Waals surface area (Å²) in [5.41, 5.74) is 0. The lowest BCUT2D eigenvalue weighted by atomic mass is 9.92. The third-order valence-electron chi connectivity index (χ3n) is 3.07. The first kappa shape index (κ1) is 7.56. The van der Waals surface area contributed by atoms with E-state index in [1.807, 2.05) is 0 Å². The summed E-state index contributed by atoms with van der Waals surface area (Å²) in [5, 5.41) is 9.39. The second-order valence-corrected chi connectivity index (χ2v) is 3.80. The van der Waals surface area contributed by atoms with Crippen LogP contribution < -0.4 is 0 Å². The number of hydrogen-bond acceptors (Lipinski definition) is 2. The van der Waals surface area contributed by atoms with Gasteiger partial charge in [0.2, 0.25) is 0 Å². The van der Waals surface area contributed by atoms with Crippen LogP contribution in [-0.2, 0) is 0 Å². The molecule has 2 rings (SSSR count). The van der Waals surface area contributed by atoms with E-state index < -0.39 is 0 Å². The zero-order chi connectivity index (χ0) is 7.68. The van der Waals surface area contributed by atoms with E-state index in [-0.39, 0.29) is 6.23 Å². The van der Waals surface area contributed by atoms with Crippen molar-refractivity contribution in [3.05, 3.63) is 0 Å². The molecule has 0 aromatic carbocycles. The SMILES string of the molecule is OC1CCN1C1CCCCC1. The predicted octanol–water partition coefficient (Wildman–Crippen LogP) is 1.34. The molecule has 0 aromatic rings. The Kier molecular flexibility index (Phi) is 2.14. The van der Waals surface area contributed by atoms with Crippen molar-refractivity contribution in [1.82, 2.24) is 4.90 Å². The fourth-order valence-electron chi connectivity index (χ4n) is 2.23. The van der Waals surface area contributed by atoms with Crippen LogP contribution in [0.4, 0.5) is 0 Å². The third kappa shape index (κ3) is 1.42. The van der Waals surface area contributed by atoms with Crippen LogP contribution in [0.25, 0.3) is 0 Å². The maximum Gasteiger partial charge on any atom is 0.108 e. The number of hydrogen-bond donors (Lipinski definition) is 1. The molecule has 64 valence electrons. The number of aliphatic hydroxyl groups is 1. The molecular weight excluding hydrogens is 138 g/mol. The van der Waals surface area contributed by atoms with Crippen LogP contribution in [0.3, 0.4) is 0 Å². The van der Waals surface area contributed by atoms with E-state index in [0.717, 1.165) is 13.0 Å². The monoisotopic (exact) mass is 155 g/mol. The zero-order valence-electron chi connectivity index (χ0n) is 7.00. The fourth-order valence-corrected chi connectivity index (χ4v) is 2.23. The lowest BCUT2D eigenvalue weighted by Crippen LogP contribution is -2.53. The molecule has 2 fully saturated rings. The van der Waals surface area contributed by atoms with Gasteiger partial charge >= 0.3 is 0 Å². The van der Waals surface area contributed by atoms with E-state index in [2.05, 4.69) is 4.90 Å². The van der Waals surface area contributed by atoms with Gasteiger partial charge in [-0.3, -0.25) is 4.90 Å². The van der Waals surface area contributed by atoms with E-state index in [1.165, 1.54) is 32.1 Å². The standard InChI is InChI=1S/C9H17NO/c11-9-6-7-10(9)8-4-2-1-3-5-8/h8-9,11H,1-7H2. The van der Waals surface area contributed by atoms with Gasteiger partial charge in [0.05, 0.1) is 0 Å². The van der Waals surface area contributed by atoms with Crippen molar-refractivity contribution in [1.29, 1.82) is 0 Å². The van der Waals surface area contributed by atoms with Crippen molar-refractivity contribution in [3.8, 4) is 0 Å². The van der Waals surface area contributed by atoms with Gasteiger partial charge in [-0.1, -0.05) is 19.3 Å². The molecule has 2 heteroatoms. The maximum atomic E-state index is 9.39. The lowest BCUT2D eigenvalue weighted by Gasteiger charge is -2.44. The fraction of sp³-hybridized carbons (Fsp3) is 1.00. The molecule has 1 saturated carbocycles. The van der Waals surface area contributed by atoms with E-state index in [1.54, 1.807) is 0 Å². The van der Waals surface area contributed by atoms with Crippen LogP contribution in [0, 0.1) is 0 Å². The highest BCUT2D eigenvalue weighted by molar-refractivity contribution is 4.83. The molecule has 1 aliphatic heterocycles. The van der Waals surface area contributed by atoms with Crippen molar-refractivity contribution >= 4 is 0 Å². The van der Waals surface area contributed by atoms with Crippen LogP contribution in [0.5, 0.6) is 0 Å². The predicted molar refractivity (Wildman–Crippen MR) is 44.2 cm³/mol. The van der Waals surface area contributed by atoms with Crippen molar-refractivity contribution in [3.63, 3.8) is 0 Å². The van der Waals surface area contributed by atoms with Gasteiger partial charge < -0.3 is 5.11 Å². The van der Waals surface area contributed by atoms with Gasteiger partial charge in [0.25, 0.3) is 0 Å². The van der Waals surface area contributed by atoms with Crippen molar-refractivity contribution in [2.75, 3.05) is 6.54 Å². The highest BCUT2D eigenvalue weighted by atomic mass is 16.3. The zero-order valence-corrected chi connectivity index (χ0v) is 7.00. The van der Waals surface area contributed by atoms with Gasteiger partial charge in [0, 0.05) is 12.6 Å². The Morgan fingerprint density at radius 2 is 1.73 bits per heavy atom. The molecule has 0 spiro atoms. The van der Waals surface area contributed by atoms with Crippen LogP contribution in [0.2, 0.25) is 0 Å². The third-order valence-corrected chi connectivity index (χ3v) is 3.07. The number of rotatable bonds is 1. The Morgan fingerprint density at radius 3 is 2.18 bits per heavy atom. The molecule has 1 unspecified atom stereocenters. The molecule has 1 heterocycles. The summed E-state index contributed by atoms with van der Waals surface area (Å²) in [6.07, 6.45) is 7.67. The van der Waals surface area contributed by atoms with Crippen molar-refractivity contribution in [2.45, 2.75) is 50.8 Å². The molecule has 1 saturated heterocycles. The highest BCUT2D eigenvalue weighted by Gasteiger charge is 2.32. The van der Waals surface area contributed by atoms with Crippen LogP contribution in [0.15, 0.2) is 0 Å². The summed E-state index contributed by atoms with van der Waals surface area (Å²) in [5.74, 6) is 0. The molecule has 0 aromatic heterocycles. The first-order valence-corrected chi connectivity index (χ1v) is 4.82. The van der Waals surface area contributed by atoms with E-state index >= 15 is 0 Å². The summed E-state index contributed by atoms with van der Waals surface area (Å²) in [4.78, 5) is 2.26. The van der Waals surface area contributed by atoms with Gasteiger partial charge in [-0.25, -0.2) is 0 Å². The summed E-state index contributed by atoms with van der Waals surface area (Å²) in [6.45, 7) is 1.13. The van der Waals surface area contributed by atoms with Gasteiger partial charge in [-0.2, -0.15) is 0 Å². The first-order chi connectivity index (χ1) is 5.38. The number of nitrogens with zero attached hydrogens (tertiary/aromatic N) is 1. The molecule has 1 atom stereocenters. The molecule has 11 heavy (non-hydrogen) atoms. The molecular formula is C9H17NO. The minimum atomic E-state index is -0.0990. The molecule has 1 aliphatic carbocycles. The maximum absolute atomic E-state index is 9.39. The Balaban J connectivity index is 1.83. The number of aliphatic hydroxyl groups excluding tert-OH is 1. The average molecular weight is 155 g/mol. The molecule has 0 amide bonds. The summed E-state index contributed by atoms with van der Waals surface area (Å²) < 4.78 is 0. The largest absolute Gasteiger partial charge is 0.378 e. The Bertz CT molecular complexity index is 132. The molecule has 1 N–H and O–H groups in total. The second-order valence-electron chi connectivity index (χ2n) is 3.80. The topological polar surface area (TPSA) is 23.5 Å². The Hall–Kier alpha value is -0.0800. The van der Waals surface area contributed by atoms with Gasteiger partial charge in [0.15, 0.2) is 0 Å². The van der Waals surface area contributed by atoms with E-state index in [4.69, 9.17) is 0 Å². The van der Waals surface area contributed by atoms with Crippen molar-refractivity contribution in [2.24, 2.45) is 0 Å². The van der Waals surface area contributed by atoms with E-state index in [0.29, 0.717) is 6.04 Å². The number of likely N-dealkylation sites (tertiary alicyclic amines) is 1. The van der Waals surface area contributed by atoms with Crippen LogP contribution in [-0.4, -0.2) is 28.8 Å². The quantitative estimate of drug-likeness (QED) is 0.617. The smallest absolute Gasteiger partial charge is 0.108 e. The summed E-state index contributed by atoms with van der Waals surface area (Å²) >= 11 is 0.